The summed E-state index contributed by atoms with van der Waals surface area (Å²) in [6.45, 7) is 7.08. The average molecular weight is 1650 g/mol. The van der Waals surface area contributed by atoms with Crippen molar-refractivity contribution in [2.24, 2.45) is 23.3 Å². The second-order valence-electron chi connectivity index (χ2n) is 30.0. The second-order valence-corrected chi connectivity index (χ2v) is 31.7. The molecule has 0 saturated heterocycles. The highest BCUT2D eigenvalue weighted by Gasteiger charge is 2.49. The number of ether oxygens (including phenoxy) is 4. The number of benzene rings is 8. The molecule has 8 atom stereocenters. The van der Waals surface area contributed by atoms with Gasteiger partial charge in [0, 0.05) is 57.9 Å². The first-order chi connectivity index (χ1) is 55.8. The SMILES string of the molecule is CCC(C)C(NC(=O)C1(NC(=O)C(CCc2ccc(OC(=O)Oc3ccc(CCC(NC(=O)OCc4ccccc4)C(=O)NC4(C(=O)NC(C(N)=O)C(C)CC)CCc5[nH]c6c(Cl)cc(Cl)cc6c5C4)cc3Cc3ccccc3)c(Cc3ccccc3)c2)NC(=O)OCc2ccccc2)CCc2[nH]c3c(Cl)cc(Cl)cc3c2C1)C(N)=O. The third-order valence-corrected chi connectivity index (χ3v) is 23.0. The Morgan fingerprint density at radius 2 is 0.819 bits per heavy atom. The number of H-pyrrole nitrogens is 2. The quantitative estimate of drug-likeness (QED) is 0.0139. The van der Waals surface area contributed by atoms with E-state index in [4.69, 9.17) is 76.8 Å². The van der Waals surface area contributed by atoms with E-state index in [0.29, 0.717) is 99.2 Å². The molecule has 27 heteroatoms. The largest absolute Gasteiger partial charge is 0.519 e. The fraction of sp³-hybridized carbons (Fsp3) is 0.315. The first-order valence-corrected chi connectivity index (χ1v) is 40.2. The van der Waals surface area contributed by atoms with Crippen molar-refractivity contribution in [3.8, 4) is 11.5 Å². The van der Waals surface area contributed by atoms with Gasteiger partial charge in [-0.3, -0.25) is 28.8 Å². The van der Waals surface area contributed by atoms with Crippen LogP contribution in [0.5, 0.6) is 11.5 Å². The van der Waals surface area contributed by atoms with E-state index in [-0.39, 0.29) is 114 Å². The molecule has 116 heavy (non-hydrogen) atoms. The lowest BCUT2D eigenvalue weighted by molar-refractivity contribution is -0.137. The molecule has 10 aromatic rings. The molecule has 0 saturated carbocycles. The first-order valence-electron chi connectivity index (χ1n) is 38.7. The summed E-state index contributed by atoms with van der Waals surface area (Å²) in [6, 6.07) is 49.2. The van der Waals surface area contributed by atoms with Crippen LogP contribution in [-0.4, -0.2) is 99.0 Å². The van der Waals surface area contributed by atoms with Crippen LogP contribution in [0.1, 0.15) is 133 Å². The Bertz CT molecular complexity index is 4960. The highest BCUT2D eigenvalue weighted by molar-refractivity contribution is 6.39. The van der Waals surface area contributed by atoms with E-state index in [1.165, 1.54) is 0 Å². The van der Waals surface area contributed by atoms with Gasteiger partial charge in [-0.05, 0) is 155 Å². The maximum Gasteiger partial charge on any atom is 0.519 e. The van der Waals surface area contributed by atoms with Gasteiger partial charge in [-0.1, -0.05) is 233 Å². The number of carbonyl (C=O) groups excluding carboxylic acids is 9. The molecule has 2 heterocycles. The van der Waals surface area contributed by atoms with E-state index >= 15 is 19.2 Å². The van der Waals surface area contributed by atoms with Crippen LogP contribution >= 0.6 is 46.4 Å². The molecular weight excluding hydrogens is 1560 g/mol. The van der Waals surface area contributed by atoms with Crippen LogP contribution in [0.4, 0.5) is 14.4 Å². The number of alkyl carbamates (subject to hydrolysis) is 2. The molecule has 8 amide bonds. The minimum atomic E-state index is -1.71. The Labute approximate surface area is 691 Å². The van der Waals surface area contributed by atoms with Crippen LogP contribution in [0.15, 0.2) is 182 Å². The van der Waals surface area contributed by atoms with Gasteiger partial charge in [-0.2, -0.15) is 0 Å². The summed E-state index contributed by atoms with van der Waals surface area (Å²) >= 11 is 26.6. The molecule has 0 spiro atoms. The van der Waals surface area contributed by atoms with Crippen molar-refractivity contribution in [2.75, 3.05) is 0 Å². The zero-order valence-electron chi connectivity index (χ0n) is 64.6. The highest BCUT2D eigenvalue weighted by atomic mass is 35.5. The summed E-state index contributed by atoms with van der Waals surface area (Å²) in [6.07, 6.45) is -0.612. The van der Waals surface area contributed by atoms with Crippen molar-refractivity contribution in [3.05, 3.63) is 269 Å². The molecular formula is C89H92Cl4N10O13. The molecule has 0 radical (unpaired) electrons. The molecule has 0 bridgehead atoms. The number of aromatic nitrogens is 2. The summed E-state index contributed by atoms with van der Waals surface area (Å²) in [5.41, 5.74) is 18.1. The van der Waals surface area contributed by atoms with Gasteiger partial charge in [-0.15, -0.1) is 0 Å². The fourth-order valence-electron chi connectivity index (χ4n) is 15.2. The summed E-state index contributed by atoms with van der Waals surface area (Å²) in [7, 11) is 0. The molecule has 604 valence electrons. The van der Waals surface area contributed by atoms with Gasteiger partial charge in [0.1, 0.15) is 60.0 Å². The van der Waals surface area contributed by atoms with E-state index in [1.807, 2.05) is 98.8 Å². The number of fused-ring (bicyclic) bond motifs is 6. The van der Waals surface area contributed by atoms with Crippen LogP contribution in [0.3, 0.4) is 0 Å². The summed E-state index contributed by atoms with van der Waals surface area (Å²) < 4.78 is 23.7. The number of halogens is 4. The molecule has 2 aliphatic carbocycles. The molecule has 8 aromatic carbocycles. The van der Waals surface area contributed by atoms with E-state index in [0.717, 1.165) is 22.5 Å². The van der Waals surface area contributed by atoms with E-state index in [9.17, 15) is 24.0 Å². The van der Waals surface area contributed by atoms with Crippen LogP contribution in [0, 0.1) is 11.8 Å². The van der Waals surface area contributed by atoms with Crippen LogP contribution < -0.4 is 52.8 Å². The number of primary amides is 2. The topological polar surface area (TPSA) is 346 Å². The van der Waals surface area contributed by atoms with Crippen molar-refractivity contribution in [1.82, 2.24) is 41.9 Å². The van der Waals surface area contributed by atoms with Gasteiger partial charge < -0.3 is 72.3 Å². The molecule has 12 N–H and O–H groups in total. The van der Waals surface area contributed by atoms with Gasteiger partial charge >= 0.3 is 18.3 Å². The van der Waals surface area contributed by atoms with Crippen molar-refractivity contribution in [1.29, 1.82) is 0 Å². The van der Waals surface area contributed by atoms with Crippen LogP contribution in [0.25, 0.3) is 21.8 Å². The Kier molecular flexibility index (Phi) is 27.5. The maximum absolute atomic E-state index is 15.3. The predicted octanol–water partition coefficient (Wildman–Crippen LogP) is 14.6. The van der Waals surface area contributed by atoms with Crippen molar-refractivity contribution in [2.45, 2.75) is 166 Å². The number of carbonyl (C=O) groups is 9. The van der Waals surface area contributed by atoms with Crippen LogP contribution in [0.2, 0.25) is 20.1 Å². The second kappa shape index (κ2) is 37.9. The average Bonchev–Trinajstić information content (AvgIpc) is 1.59. The number of hydrogen-bond acceptors (Lipinski definition) is 13. The van der Waals surface area contributed by atoms with Crippen LogP contribution in [-0.2, 0) is 103 Å². The number of hydrogen-bond donors (Lipinski definition) is 10. The number of aryl methyl sites for hydroxylation is 4. The van der Waals surface area contributed by atoms with E-state index in [2.05, 4.69) is 41.9 Å². The molecule has 2 aromatic heterocycles. The predicted molar refractivity (Wildman–Crippen MR) is 445 cm³/mol. The number of rotatable bonds is 32. The van der Waals surface area contributed by atoms with Crippen molar-refractivity contribution < 1.29 is 62.1 Å². The van der Waals surface area contributed by atoms with Crippen molar-refractivity contribution >= 4 is 122 Å². The lowest BCUT2D eigenvalue weighted by Crippen LogP contribution is -2.66. The summed E-state index contributed by atoms with van der Waals surface area (Å²) in [5.74, 6) is -4.70. The number of nitrogens with one attached hydrogen (secondary N) is 8. The smallest absolute Gasteiger partial charge is 0.445 e. The number of nitrogens with two attached hydrogens (primary N) is 2. The molecule has 0 aliphatic heterocycles. The Morgan fingerprint density at radius 1 is 0.457 bits per heavy atom. The van der Waals surface area contributed by atoms with Gasteiger partial charge in [0.05, 0.1) is 21.1 Å². The molecule has 8 unspecified atom stereocenters. The van der Waals surface area contributed by atoms with Gasteiger partial charge in [-0.25, -0.2) is 14.4 Å². The number of aromatic amines is 2. The number of amides is 8. The third-order valence-electron chi connectivity index (χ3n) is 22.0. The Balaban J connectivity index is 0.811. The van der Waals surface area contributed by atoms with Gasteiger partial charge in [0.2, 0.25) is 35.4 Å². The Hall–Kier alpha value is -11.4. The lowest BCUT2D eigenvalue weighted by Gasteiger charge is -2.39. The summed E-state index contributed by atoms with van der Waals surface area (Å²) in [5, 5.41) is 20.2. The molecule has 12 rings (SSSR count). The van der Waals surface area contributed by atoms with Gasteiger partial charge in [0.25, 0.3) is 0 Å². The molecule has 0 fully saturated rings. The molecule has 23 nitrogen and oxygen atoms in total. The first kappa shape index (κ1) is 84.0. The lowest BCUT2D eigenvalue weighted by atomic mass is 9.78. The molecule has 2 aliphatic rings. The normalized spacial score (nSPS) is 16.5. The zero-order chi connectivity index (χ0) is 82.4. The Morgan fingerprint density at radius 3 is 1.17 bits per heavy atom. The fourth-order valence-corrected chi connectivity index (χ4v) is 16.3. The highest BCUT2D eigenvalue weighted by Crippen LogP contribution is 2.41. The van der Waals surface area contributed by atoms with Gasteiger partial charge in [0.15, 0.2) is 0 Å². The van der Waals surface area contributed by atoms with E-state index < -0.39 is 89.0 Å². The standard InChI is InChI=1S/C89H92Cl4N10O13/c1-5-51(3)75(79(94)104)100-83(108)88(37-35-69-65(47-88)63-43-61(90)45-67(92)77(63)96-69)102-81(106)71(98-85(110)113-49-57-23-15-9-16-24-57)31-27-55-29-33-73(59(41-55)39-53-19-11-7-12-20-53)115-87(112)116-74-34-30-56(42-60(74)40-54-21-13-8-14-22-54)28-32-72(99-86(111)114-50-58-25-17-10-18-26-58)82(107)103-89(84(109)101-76(80(95)105)52(4)6-2)38-36-70-66(48-89)64-44-62(91)46-68(93)78(64)97-70/h7-26,29-30,33-34,41-46,51-52,71-72,75-76,96-97H,5-6,27-28,31-32,35-40,47-50H2,1-4H3,(H2,94,104)(H2,95,105)(H,98,110)(H,99,111)(H,100,108)(H,101,109)(H,102,106)(H,103,107). The minimum Gasteiger partial charge on any atom is -0.445 e. The zero-order valence-corrected chi connectivity index (χ0v) is 67.6. The van der Waals surface area contributed by atoms with E-state index in [1.54, 1.807) is 111 Å². The minimum absolute atomic E-state index is 0.0405. The summed E-state index contributed by atoms with van der Waals surface area (Å²) in [4.78, 5) is 136. The third kappa shape index (κ3) is 20.6. The maximum atomic E-state index is 15.3. The van der Waals surface area contributed by atoms with Crippen molar-refractivity contribution in [3.63, 3.8) is 0 Å². The monoisotopic (exact) mass is 1650 g/mol.